The molecule has 0 amide bonds. The molecule has 2 unspecified atom stereocenters. The Hall–Kier alpha value is 1.05. The molecule has 0 aromatic heterocycles. The first-order valence-corrected chi connectivity index (χ1v) is 2.28. The van der Waals surface area contributed by atoms with Gasteiger partial charge in [-0.15, -0.1) is 0 Å². The Balaban J connectivity index is -0.0000000675. The van der Waals surface area contributed by atoms with Crippen LogP contribution in [0.5, 0.6) is 0 Å². The number of hydrogen-bond acceptors (Lipinski definition) is 4. The Bertz CT molecular complexity index is 152. The van der Waals surface area contributed by atoms with Crippen molar-refractivity contribution in [1.29, 1.82) is 0 Å². The van der Waals surface area contributed by atoms with Gasteiger partial charge in [-0.3, -0.25) is 0 Å². The third-order valence-electron chi connectivity index (χ3n) is 0.805. The van der Waals surface area contributed by atoms with Crippen LogP contribution in [0, 0.1) is 0 Å². The van der Waals surface area contributed by atoms with Crippen LogP contribution in [0.25, 0.3) is 0 Å². The Morgan fingerprint density at radius 3 is 1.25 bits per heavy atom. The molecule has 0 aliphatic heterocycles. The predicted octanol–water partition coefficient (Wildman–Crippen LogP) is -2.28. The van der Waals surface area contributed by atoms with E-state index >= 15 is 0 Å². The van der Waals surface area contributed by atoms with Crippen molar-refractivity contribution in [1.82, 2.24) is 0 Å². The summed E-state index contributed by atoms with van der Waals surface area (Å²) < 4.78 is 0. The first kappa shape index (κ1) is 18.8. The molecular weight excluding hydrogens is 280 g/mol. The zero-order chi connectivity index (χ0) is 8.31. The SMILES string of the molecule is O=C(O)C(O)C(O)C(=O)O.[H-].[H-].[Sr+2].[Ti]. The number of aliphatic carboxylic acids is 2. The monoisotopic (exact) mass is 288 g/mol. The van der Waals surface area contributed by atoms with Gasteiger partial charge in [0.2, 0.25) is 0 Å². The molecule has 0 heterocycles. The van der Waals surface area contributed by atoms with Gasteiger partial charge in [0.25, 0.3) is 0 Å². The number of carbonyl (C=O) groups is 2. The first-order valence-electron chi connectivity index (χ1n) is 2.28. The molecule has 12 heavy (non-hydrogen) atoms. The van der Waals surface area contributed by atoms with E-state index in [9.17, 15) is 9.59 Å². The van der Waals surface area contributed by atoms with Crippen LogP contribution in [-0.4, -0.2) is 90.1 Å². The molecule has 0 fully saturated rings. The third kappa shape index (κ3) is 6.56. The molecule has 0 aliphatic carbocycles. The number of carboxylic acid groups (broad SMARTS) is 2. The van der Waals surface area contributed by atoms with Crippen molar-refractivity contribution in [2.24, 2.45) is 0 Å². The Morgan fingerprint density at radius 1 is 1.00 bits per heavy atom. The number of hydrogen-bond donors (Lipinski definition) is 4. The molecule has 0 spiro atoms. The van der Waals surface area contributed by atoms with Gasteiger partial charge in [0.15, 0.2) is 12.2 Å². The average molecular weight is 288 g/mol. The van der Waals surface area contributed by atoms with E-state index in [0.29, 0.717) is 0 Å². The molecule has 0 radical (unpaired) electrons. The maximum Gasteiger partial charge on any atom is 2.00 e. The maximum absolute atomic E-state index is 9.77. The van der Waals surface area contributed by atoms with E-state index in [1.165, 1.54) is 0 Å². The van der Waals surface area contributed by atoms with Gasteiger partial charge in [0.1, 0.15) is 0 Å². The van der Waals surface area contributed by atoms with Crippen molar-refractivity contribution in [2.45, 2.75) is 12.2 Å². The van der Waals surface area contributed by atoms with Crippen molar-refractivity contribution in [3.63, 3.8) is 0 Å². The molecule has 2 atom stereocenters. The topological polar surface area (TPSA) is 115 Å². The minimum atomic E-state index is -2.27. The zero-order valence-corrected chi connectivity index (χ0v) is 11.0. The Labute approximate surface area is 123 Å². The van der Waals surface area contributed by atoms with Crippen LogP contribution in [0.3, 0.4) is 0 Å². The second-order valence-corrected chi connectivity index (χ2v) is 1.57. The van der Waals surface area contributed by atoms with E-state index in [1.54, 1.807) is 0 Å². The summed E-state index contributed by atoms with van der Waals surface area (Å²) in [5, 5.41) is 32.5. The van der Waals surface area contributed by atoms with E-state index in [-0.39, 0.29) is 70.1 Å². The van der Waals surface area contributed by atoms with Crippen LogP contribution in [-0.2, 0) is 31.3 Å². The van der Waals surface area contributed by atoms with Crippen LogP contribution in [0.4, 0.5) is 0 Å². The van der Waals surface area contributed by atoms with Gasteiger partial charge in [-0.2, -0.15) is 0 Å². The summed E-state index contributed by atoms with van der Waals surface area (Å²) in [6.07, 6.45) is -4.53. The fourth-order valence-corrected chi connectivity index (χ4v) is 0.270. The summed E-state index contributed by atoms with van der Waals surface area (Å²) in [7, 11) is 0. The minimum absolute atomic E-state index is 0. The largest absolute Gasteiger partial charge is 2.00 e. The summed E-state index contributed by atoms with van der Waals surface area (Å²) in [5.41, 5.74) is 0. The molecule has 6 nitrogen and oxygen atoms in total. The molecule has 0 aliphatic rings. The van der Waals surface area contributed by atoms with Crippen LogP contribution in [0.2, 0.25) is 0 Å². The summed E-state index contributed by atoms with van der Waals surface area (Å²) in [6, 6.07) is 0. The molecule has 0 saturated heterocycles. The Morgan fingerprint density at radius 2 is 1.17 bits per heavy atom. The van der Waals surface area contributed by atoms with Crippen molar-refractivity contribution >= 4 is 57.4 Å². The number of rotatable bonds is 3. The molecule has 0 rings (SSSR count). The fourth-order valence-electron chi connectivity index (χ4n) is 0.270. The maximum atomic E-state index is 9.77. The van der Waals surface area contributed by atoms with Gasteiger partial charge in [-0.25, -0.2) is 9.59 Å². The summed E-state index contributed by atoms with van der Waals surface area (Å²) in [4.78, 5) is 19.5. The van der Waals surface area contributed by atoms with Crippen molar-refractivity contribution in [3.8, 4) is 0 Å². The fraction of sp³-hybridized carbons (Fsp3) is 0.500. The Kier molecular flexibility index (Phi) is 13.5. The number of carboxylic acids is 2. The van der Waals surface area contributed by atoms with Crippen LogP contribution in [0.15, 0.2) is 0 Å². The normalized spacial score (nSPS) is 13.2. The van der Waals surface area contributed by atoms with Gasteiger partial charge in [0.05, 0.1) is 0 Å². The number of aliphatic hydroxyl groups excluding tert-OH is 2. The van der Waals surface area contributed by atoms with E-state index in [1.807, 2.05) is 0 Å². The van der Waals surface area contributed by atoms with Crippen LogP contribution < -0.4 is 0 Å². The van der Waals surface area contributed by atoms with Gasteiger partial charge in [0, 0.05) is 21.7 Å². The van der Waals surface area contributed by atoms with E-state index in [4.69, 9.17) is 20.4 Å². The first-order chi connectivity index (χ1) is 4.46. The van der Waals surface area contributed by atoms with Gasteiger partial charge in [-0.05, 0) is 0 Å². The summed E-state index contributed by atoms with van der Waals surface area (Å²) in [6.45, 7) is 0. The van der Waals surface area contributed by atoms with Crippen LogP contribution in [0.1, 0.15) is 2.85 Å². The smallest absolute Gasteiger partial charge is 1.00 e. The average Bonchev–Trinajstić information content (AvgIpc) is 1.84. The minimum Gasteiger partial charge on any atom is -1.00 e. The second kappa shape index (κ2) is 8.64. The van der Waals surface area contributed by atoms with Gasteiger partial charge < -0.3 is 23.3 Å². The second-order valence-electron chi connectivity index (χ2n) is 1.57. The van der Waals surface area contributed by atoms with E-state index in [2.05, 4.69) is 0 Å². The van der Waals surface area contributed by atoms with E-state index < -0.39 is 24.1 Å². The summed E-state index contributed by atoms with van der Waals surface area (Å²) in [5.74, 6) is -3.54. The molecule has 8 heteroatoms. The quantitative estimate of drug-likeness (QED) is 0.435. The summed E-state index contributed by atoms with van der Waals surface area (Å²) >= 11 is 0. The van der Waals surface area contributed by atoms with Crippen molar-refractivity contribution in [2.75, 3.05) is 0 Å². The van der Waals surface area contributed by atoms with Gasteiger partial charge >= 0.3 is 57.4 Å². The van der Waals surface area contributed by atoms with Gasteiger partial charge in [-0.1, -0.05) is 0 Å². The van der Waals surface area contributed by atoms with Crippen LogP contribution >= 0.6 is 0 Å². The molecular formula is C4H8O6SrTi. The molecule has 0 bridgehead atoms. The third-order valence-corrected chi connectivity index (χ3v) is 0.805. The molecule has 0 saturated carbocycles. The molecule has 4 N–H and O–H groups in total. The number of aliphatic hydroxyl groups is 2. The van der Waals surface area contributed by atoms with Crippen molar-refractivity contribution in [3.05, 3.63) is 0 Å². The van der Waals surface area contributed by atoms with Crippen molar-refractivity contribution < 1.29 is 54.6 Å². The zero-order valence-electron chi connectivity index (χ0n) is 7.97. The van der Waals surface area contributed by atoms with E-state index in [0.717, 1.165) is 0 Å². The molecule has 0 aromatic rings. The molecule has 0 aromatic carbocycles. The standard InChI is InChI=1S/C4H6O6.Sr.Ti.2H/c5-1(3(7)8)2(6)4(9)10;;;;/h1-2,5-6H,(H,7,8)(H,9,10);;;;/q;+2;;2*-1. The molecule has 66 valence electrons. The predicted molar refractivity (Wildman–Crippen MR) is 35.3 cm³/mol.